The number of benzene rings is 1. The lowest BCUT2D eigenvalue weighted by Crippen LogP contribution is -2.13. The van der Waals surface area contributed by atoms with Crippen LogP contribution < -0.4 is 5.32 Å². The van der Waals surface area contributed by atoms with E-state index in [4.69, 9.17) is 22.3 Å². The van der Waals surface area contributed by atoms with Crippen molar-refractivity contribution in [1.29, 1.82) is 0 Å². The van der Waals surface area contributed by atoms with Crippen LogP contribution in [0.4, 0.5) is 5.69 Å². The van der Waals surface area contributed by atoms with E-state index < -0.39 is 15.0 Å². The summed E-state index contributed by atoms with van der Waals surface area (Å²) in [5.41, 5.74) is 0.576. The lowest BCUT2D eigenvalue weighted by Gasteiger charge is -2.06. The van der Waals surface area contributed by atoms with Crippen LogP contribution in [0.25, 0.3) is 0 Å². The third-order valence-corrected chi connectivity index (χ3v) is 4.15. The molecule has 5 nitrogen and oxygen atoms in total. The topological polar surface area (TPSA) is 76.1 Å². The minimum Gasteiger partial charge on any atom is -0.321 e. The van der Waals surface area contributed by atoms with Gasteiger partial charge < -0.3 is 5.32 Å². The Balaban J connectivity index is 2.24. The quantitative estimate of drug-likeness (QED) is 0.878. The molecule has 0 radical (unpaired) electrons. The van der Waals surface area contributed by atoms with Crippen molar-refractivity contribution in [2.45, 2.75) is 4.90 Å². The number of nitrogens with one attached hydrogen (secondary N) is 1. The highest BCUT2D eigenvalue weighted by Gasteiger charge is 2.15. The second kappa shape index (κ2) is 5.78. The minimum atomic E-state index is -3.92. The molecular weight excluding hydrogens is 323 g/mol. The van der Waals surface area contributed by atoms with Gasteiger partial charge in [0.15, 0.2) is 0 Å². The Labute approximate surface area is 125 Å². The van der Waals surface area contributed by atoms with Gasteiger partial charge in [-0.3, -0.25) is 9.78 Å². The maximum absolute atomic E-state index is 11.8. The summed E-state index contributed by atoms with van der Waals surface area (Å²) in [7, 11) is 1.29. The third-order valence-electron chi connectivity index (χ3n) is 2.35. The van der Waals surface area contributed by atoms with E-state index in [2.05, 4.69) is 10.3 Å². The normalized spacial score (nSPS) is 11.1. The first-order valence-corrected chi connectivity index (χ1v) is 8.03. The number of hydrogen-bond donors (Lipinski definition) is 1. The number of pyridine rings is 1. The van der Waals surface area contributed by atoms with Crippen molar-refractivity contribution < 1.29 is 13.2 Å². The van der Waals surface area contributed by atoms with Crippen LogP contribution in [0, 0.1) is 0 Å². The summed E-state index contributed by atoms with van der Waals surface area (Å²) >= 11 is 5.81. The van der Waals surface area contributed by atoms with Gasteiger partial charge in [0.05, 0.1) is 5.02 Å². The van der Waals surface area contributed by atoms with Crippen LogP contribution in [0.15, 0.2) is 47.5 Å². The van der Waals surface area contributed by atoms with Gasteiger partial charge in [-0.25, -0.2) is 8.42 Å². The Kier molecular flexibility index (Phi) is 4.27. The summed E-state index contributed by atoms with van der Waals surface area (Å²) in [4.78, 5) is 15.5. The van der Waals surface area contributed by atoms with E-state index in [1.807, 2.05) is 0 Å². The summed E-state index contributed by atoms with van der Waals surface area (Å²) in [5.74, 6) is -0.428. The number of nitrogens with zero attached hydrogens (tertiary/aromatic N) is 1. The molecule has 0 unspecified atom stereocenters. The average Bonchev–Trinajstić information content (AvgIpc) is 2.38. The highest BCUT2D eigenvalue weighted by atomic mass is 35.7. The lowest BCUT2D eigenvalue weighted by molar-refractivity contribution is 0.102. The summed E-state index contributed by atoms with van der Waals surface area (Å²) in [6.45, 7) is 0. The number of carbonyl (C=O) groups excluding carboxylic acids is 1. The van der Waals surface area contributed by atoms with Gasteiger partial charge in [0.2, 0.25) is 0 Å². The zero-order chi connectivity index (χ0) is 14.8. The molecule has 0 saturated heterocycles. The summed E-state index contributed by atoms with van der Waals surface area (Å²) in [5, 5.41) is 2.48. The standard InChI is InChI=1S/C12H8Cl2N2O3S/c13-9-7-8(4-5-11(9)20(14,18)19)16-12(17)10-3-1-2-6-15-10/h1-7H,(H,16,17). The summed E-state index contributed by atoms with van der Waals surface area (Å²) in [6, 6.07) is 8.83. The van der Waals surface area contributed by atoms with Crippen molar-refractivity contribution in [3.63, 3.8) is 0 Å². The SMILES string of the molecule is O=C(Nc1ccc(S(=O)(=O)Cl)c(Cl)c1)c1ccccn1. The molecule has 0 aliphatic rings. The van der Waals surface area contributed by atoms with Crippen molar-refractivity contribution in [2.24, 2.45) is 0 Å². The molecule has 2 rings (SSSR count). The van der Waals surface area contributed by atoms with Crippen molar-refractivity contribution in [3.8, 4) is 0 Å². The van der Waals surface area contributed by atoms with Gasteiger partial charge in [-0.1, -0.05) is 17.7 Å². The largest absolute Gasteiger partial charge is 0.321 e. The van der Waals surface area contributed by atoms with Crippen LogP contribution in [0.2, 0.25) is 5.02 Å². The lowest BCUT2D eigenvalue weighted by atomic mass is 10.3. The molecule has 104 valence electrons. The summed E-state index contributed by atoms with van der Waals surface area (Å²) < 4.78 is 22.4. The fraction of sp³-hybridized carbons (Fsp3) is 0. The van der Waals surface area contributed by atoms with Crippen LogP contribution in [0.5, 0.6) is 0 Å². The Morgan fingerprint density at radius 1 is 1.20 bits per heavy atom. The van der Waals surface area contributed by atoms with Crippen LogP contribution in [0.3, 0.4) is 0 Å². The second-order valence-corrected chi connectivity index (χ2v) is 6.69. The minimum absolute atomic E-state index is 0.0705. The van der Waals surface area contributed by atoms with Crippen LogP contribution in [-0.2, 0) is 9.05 Å². The molecule has 1 aromatic carbocycles. The predicted molar refractivity (Wildman–Crippen MR) is 76.7 cm³/mol. The van der Waals surface area contributed by atoms with E-state index in [1.165, 1.54) is 24.4 Å². The molecule has 1 N–H and O–H groups in total. The Morgan fingerprint density at radius 2 is 1.95 bits per heavy atom. The molecular formula is C12H8Cl2N2O3S. The van der Waals surface area contributed by atoms with Gasteiger partial charge >= 0.3 is 0 Å². The van der Waals surface area contributed by atoms with Crippen molar-refractivity contribution in [1.82, 2.24) is 4.98 Å². The van der Waals surface area contributed by atoms with Gasteiger partial charge in [-0.05, 0) is 30.3 Å². The molecule has 1 amide bonds. The maximum Gasteiger partial charge on any atom is 0.274 e. The van der Waals surface area contributed by atoms with Gasteiger partial charge in [-0.15, -0.1) is 0 Å². The molecule has 0 saturated carbocycles. The predicted octanol–water partition coefficient (Wildman–Crippen LogP) is 2.91. The fourth-order valence-electron chi connectivity index (χ4n) is 1.47. The summed E-state index contributed by atoms with van der Waals surface area (Å²) in [6.07, 6.45) is 1.49. The van der Waals surface area contributed by atoms with Crippen LogP contribution >= 0.6 is 22.3 Å². The van der Waals surface area contributed by atoms with E-state index >= 15 is 0 Å². The molecule has 0 aliphatic carbocycles. The first kappa shape index (κ1) is 14.8. The van der Waals surface area contributed by atoms with Crippen molar-refractivity contribution in [3.05, 3.63) is 53.3 Å². The molecule has 8 heteroatoms. The number of amides is 1. The Hall–Kier alpha value is -1.63. The molecule has 1 heterocycles. The average molecular weight is 331 g/mol. The van der Waals surface area contributed by atoms with Gasteiger partial charge in [0, 0.05) is 22.6 Å². The van der Waals surface area contributed by atoms with Gasteiger partial charge in [0.1, 0.15) is 10.6 Å². The van der Waals surface area contributed by atoms with Crippen molar-refractivity contribution in [2.75, 3.05) is 5.32 Å². The molecule has 0 bridgehead atoms. The molecule has 0 fully saturated rings. The number of anilines is 1. The second-order valence-electron chi connectivity index (χ2n) is 3.75. The maximum atomic E-state index is 11.8. The highest BCUT2D eigenvalue weighted by molar-refractivity contribution is 8.13. The Bertz CT molecular complexity index is 749. The zero-order valence-corrected chi connectivity index (χ0v) is 12.2. The highest BCUT2D eigenvalue weighted by Crippen LogP contribution is 2.27. The van der Waals surface area contributed by atoms with E-state index in [0.29, 0.717) is 5.69 Å². The molecule has 0 aliphatic heterocycles. The van der Waals surface area contributed by atoms with E-state index in [9.17, 15) is 13.2 Å². The number of carbonyl (C=O) groups is 1. The smallest absolute Gasteiger partial charge is 0.274 e. The number of halogens is 2. The molecule has 2 aromatic rings. The first-order valence-electron chi connectivity index (χ1n) is 5.34. The molecule has 0 spiro atoms. The first-order chi connectivity index (χ1) is 9.38. The van der Waals surface area contributed by atoms with Crippen molar-refractivity contribution >= 4 is 42.9 Å². The van der Waals surface area contributed by atoms with E-state index in [-0.39, 0.29) is 15.6 Å². The monoisotopic (exact) mass is 330 g/mol. The number of rotatable bonds is 3. The van der Waals surface area contributed by atoms with Crippen LogP contribution in [-0.4, -0.2) is 19.3 Å². The van der Waals surface area contributed by atoms with Gasteiger partial charge in [-0.2, -0.15) is 0 Å². The number of hydrogen-bond acceptors (Lipinski definition) is 4. The molecule has 1 aromatic heterocycles. The van der Waals surface area contributed by atoms with Crippen LogP contribution in [0.1, 0.15) is 10.5 Å². The Morgan fingerprint density at radius 3 is 2.50 bits per heavy atom. The van der Waals surface area contributed by atoms with Gasteiger partial charge in [0.25, 0.3) is 15.0 Å². The van der Waals surface area contributed by atoms with E-state index in [0.717, 1.165) is 0 Å². The molecule has 20 heavy (non-hydrogen) atoms. The van der Waals surface area contributed by atoms with E-state index in [1.54, 1.807) is 18.2 Å². The fourth-order valence-corrected chi connectivity index (χ4v) is 3.00. The third kappa shape index (κ3) is 3.47. The zero-order valence-electron chi connectivity index (χ0n) is 9.88. The molecule has 0 atom stereocenters. The number of aromatic nitrogens is 1.